The molecule has 2 aromatic rings. The molecule has 3 N–H and O–H groups in total. The Hall–Kier alpha value is -3.62. The molecule has 4 rings (SSSR count). The summed E-state index contributed by atoms with van der Waals surface area (Å²) in [5, 5.41) is 14.5. The second-order valence-corrected chi connectivity index (χ2v) is 9.68. The molecule has 2 fully saturated rings. The van der Waals surface area contributed by atoms with Gasteiger partial charge < -0.3 is 25.4 Å². The largest absolute Gasteiger partial charge is 0.487 e. The number of halogens is 1. The van der Waals surface area contributed by atoms with Crippen LogP contribution in [0.4, 0.5) is 10.1 Å². The number of ether oxygens (including phenoxy) is 1. The van der Waals surface area contributed by atoms with E-state index in [2.05, 4.69) is 15.5 Å². The number of aliphatic carboxylic acids is 1. The Morgan fingerprint density at radius 1 is 0.865 bits per heavy atom. The normalized spacial score (nSPS) is 19.6. The molecule has 0 unspecified atom stereocenters. The van der Waals surface area contributed by atoms with Crippen LogP contribution < -0.4 is 20.3 Å². The third-order valence-electron chi connectivity index (χ3n) is 7.06. The number of carbonyl (C=O) groups is 3. The lowest BCUT2D eigenvalue weighted by Crippen LogP contribution is -2.34. The Morgan fingerprint density at radius 3 is 2.05 bits per heavy atom. The fraction of sp³-hybridized carbons (Fsp3) is 0.464. The smallest absolute Gasteiger partial charge is 0.306 e. The average molecular weight is 512 g/mol. The summed E-state index contributed by atoms with van der Waals surface area (Å²) < 4.78 is 20.2. The molecule has 1 aliphatic heterocycles. The number of amides is 2. The summed E-state index contributed by atoms with van der Waals surface area (Å²) in [5.74, 6) is -2.44. The van der Waals surface area contributed by atoms with Crippen molar-refractivity contribution in [3.8, 4) is 5.75 Å². The predicted molar refractivity (Wildman–Crippen MR) is 138 cm³/mol. The zero-order chi connectivity index (χ0) is 26.2. The number of benzene rings is 2. The van der Waals surface area contributed by atoms with Gasteiger partial charge in [0.1, 0.15) is 0 Å². The monoisotopic (exact) mass is 511 g/mol. The average Bonchev–Trinajstić information content (AvgIpc) is 2.93. The van der Waals surface area contributed by atoms with Crippen LogP contribution in [0.3, 0.4) is 0 Å². The number of rotatable bonds is 9. The van der Waals surface area contributed by atoms with E-state index < -0.39 is 17.7 Å². The lowest BCUT2D eigenvalue weighted by molar-refractivity contribution is -0.143. The zero-order valence-electron chi connectivity index (χ0n) is 20.9. The van der Waals surface area contributed by atoms with E-state index >= 15 is 0 Å². The number of carboxylic acids is 1. The van der Waals surface area contributed by atoms with Crippen LogP contribution in [0.1, 0.15) is 65.7 Å². The molecule has 1 heterocycles. The van der Waals surface area contributed by atoms with Gasteiger partial charge in [-0.15, -0.1) is 0 Å². The number of carboxylic acid groups (broad SMARTS) is 1. The summed E-state index contributed by atoms with van der Waals surface area (Å²) in [7, 11) is 0. The van der Waals surface area contributed by atoms with Gasteiger partial charge in [0.05, 0.1) is 12.0 Å². The molecule has 1 saturated carbocycles. The molecule has 37 heavy (non-hydrogen) atoms. The molecule has 0 bridgehead atoms. The molecule has 2 aliphatic rings. The Morgan fingerprint density at radius 2 is 1.46 bits per heavy atom. The summed E-state index contributed by atoms with van der Waals surface area (Å²) in [6.45, 7) is 2.52. The fourth-order valence-corrected chi connectivity index (χ4v) is 4.88. The topological polar surface area (TPSA) is 108 Å². The summed E-state index contributed by atoms with van der Waals surface area (Å²) in [5.41, 5.74) is 1.83. The first kappa shape index (κ1) is 26.4. The van der Waals surface area contributed by atoms with E-state index in [1.54, 1.807) is 0 Å². The third-order valence-corrected chi connectivity index (χ3v) is 7.06. The molecule has 8 nitrogen and oxygen atoms in total. The maximum atomic E-state index is 14.5. The molecule has 1 aliphatic carbocycles. The summed E-state index contributed by atoms with van der Waals surface area (Å²) >= 11 is 0. The van der Waals surface area contributed by atoms with Gasteiger partial charge in [0.15, 0.2) is 11.6 Å². The van der Waals surface area contributed by atoms with E-state index in [1.165, 1.54) is 31.4 Å². The maximum absolute atomic E-state index is 14.5. The molecular weight excluding hydrogens is 477 g/mol. The number of piperidine rings is 1. The van der Waals surface area contributed by atoms with Crippen LogP contribution in [0.5, 0.6) is 5.75 Å². The minimum absolute atomic E-state index is 0.0499. The van der Waals surface area contributed by atoms with Crippen molar-refractivity contribution in [3.63, 3.8) is 0 Å². The highest BCUT2D eigenvalue weighted by atomic mass is 19.1. The van der Waals surface area contributed by atoms with Gasteiger partial charge in [-0.05, 0) is 87.4 Å². The van der Waals surface area contributed by atoms with Crippen molar-refractivity contribution in [2.75, 3.05) is 31.1 Å². The van der Waals surface area contributed by atoms with Gasteiger partial charge in [-0.2, -0.15) is 0 Å². The highest BCUT2D eigenvalue weighted by molar-refractivity contribution is 5.95. The van der Waals surface area contributed by atoms with Crippen LogP contribution in [0.15, 0.2) is 42.5 Å². The van der Waals surface area contributed by atoms with Crippen LogP contribution >= 0.6 is 0 Å². The fourth-order valence-electron chi connectivity index (χ4n) is 4.88. The van der Waals surface area contributed by atoms with E-state index in [0.717, 1.165) is 24.8 Å². The van der Waals surface area contributed by atoms with Crippen molar-refractivity contribution in [2.45, 2.75) is 51.0 Å². The minimum Gasteiger partial charge on any atom is -0.487 e. The van der Waals surface area contributed by atoms with Crippen molar-refractivity contribution in [1.82, 2.24) is 10.6 Å². The highest BCUT2D eigenvalue weighted by Crippen LogP contribution is 2.29. The Labute approximate surface area is 216 Å². The van der Waals surface area contributed by atoms with E-state index in [9.17, 15) is 18.8 Å². The summed E-state index contributed by atoms with van der Waals surface area (Å²) in [6.07, 6.45) is 5.51. The van der Waals surface area contributed by atoms with Gasteiger partial charge in [-0.25, -0.2) is 4.39 Å². The lowest BCUT2D eigenvalue weighted by atomic mass is 9.87. The van der Waals surface area contributed by atoms with Crippen molar-refractivity contribution in [1.29, 1.82) is 0 Å². The number of nitrogens with one attached hydrogen (secondary N) is 2. The van der Waals surface area contributed by atoms with Crippen molar-refractivity contribution in [2.24, 2.45) is 5.92 Å². The lowest BCUT2D eigenvalue weighted by Gasteiger charge is -2.28. The Bertz CT molecular complexity index is 1090. The molecule has 198 valence electrons. The first-order chi connectivity index (χ1) is 17.9. The first-order valence-electron chi connectivity index (χ1n) is 13.0. The molecule has 0 atom stereocenters. The van der Waals surface area contributed by atoms with Gasteiger partial charge in [-0.1, -0.05) is 0 Å². The first-order valence-corrected chi connectivity index (χ1v) is 13.0. The molecule has 2 amide bonds. The van der Waals surface area contributed by atoms with Gasteiger partial charge >= 0.3 is 5.97 Å². The van der Waals surface area contributed by atoms with Gasteiger partial charge in [0.25, 0.3) is 11.8 Å². The molecule has 2 aromatic carbocycles. The Balaban J connectivity index is 1.19. The number of nitrogens with zero attached hydrogens (tertiary/aromatic N) is 1. The molecule has 0 radical (unpaired) electrons. The molecule has 1 saturated heterocycles. The van der Waals surface area contributed by atoms with E-state index in [0.29, 0.717) is 31.2 Å². The number of hydrogen-bond donors (Lipinski definition) is 3. The van der Waals surface area contributed by atoms with Crippen LogP contribution in [0.25, 0.3) is 0 Å². The molecule has 0 spiro atoms. The van der Waals surface area contributed by atoms with E-state index in [4.69, 9.17) is 9.84 Å². The molecule has 9 heteroatoms. The van der Waals surface area contributed by atoms with Crippen LogP contribution in [-0.4, -0.2) is 55.2 Å². The minimum atomic E-state index is -0.804. The highest BCUT2D eigenvalue weighted by Gasteiger charge is 2.27. The standard InChI is InChI=1S/C28H34FN3O5/c29-24-18-21(8-13-25(24)37-23-11-6-20(7-12-23)28(35)36)27(34)31-15-14-30-26(33)19-4-9-22(10-5-19)32-16-2-1-3-17-32/h4-5,8-10,13,18,20,23H,1-3,6-7,11-12,14-17H2,(H,30,33)(H,31,34)(H,35,36)/t20-,23+. The quantitative estimate of drug-likeness (QED) is 0.440. The van der Waals surface area contributed by atoms with Crippen molar-refractivity contribution < 1.29 is 28.6 Å². The SMILES string of the molecule is O=C(NCCNC(=O)c1ccc(O[C@H]2CC[C@@H](C(=O)O)CC2)c(F)c1)c1ccc(N2CCCCC2)cc1. The van der Waals surface area contributed by atoms with Gasteiger partial charge in [-0.3, -0.25) is 14.4 Å². The van der Waals surface area contributed by atoms with Crippen LogP contribution in [-0.2, 0) is 4.79 Å². The van der Waals surface area contributed by atoms with Crippen molar-refractivity contribution >= 4 is 23.5 Å². The van der Waals surface area contributed by atoms with E-state index in [-0.39, 0.29) is 42.3 Å². The third kappa shape index (κ3) is 7.21. The predicted octanol–water partition coefficient (Wildman–Crippen LogP) is 4.00. The van der Waals surface area contributed by atoms with Crippen molar-refractivity contribution in [3.05, 3.63) is 59.4 Å². The van der Waals surface area contributed by atoms with E-state index in [1.807, 2.05) is 24.3 Å². The van der Waals surface area contributed by atoms with Crippen LogP contribution in [0, 0.1) is 11.7 Å². The maximum Gasteiger partial charge on any atom is 0.306 e. The molecule has 0 aromatic heterocycles. The van der Waals surface area contributed by atoms with Crippen LogP contribution in [0.2, 0.25) is 0 Å². The second-order valence-electron chi connectivity index (χ2n) is 9.68. The number of hydrogen-bond acceptors (Lipinski definition) is 5. The number of carbonyl (C=O) groups excluding carboxylic acids is 2. The Kier molecular flexibility index (Phi) is 8.98. The summed E-state index contributed by atoms with van der Waals surface area (Å²) in [4.78, 5) is 38.2. The van der Waals surface area contributed by atoms with Gasteiger partial charge in [0, 0.05) is 43.0 Å². The summed E-state index contributed by atoms with van der Waals surface area (Å²) in [6, 6.07) is 11.6. The number of anilines is 1. The second kappa shape index (κ2) is 12.6. The van der Waals surface area contributed by atoms with Gasteiger partial charge in [0.2, 0.25) is 0 Å². The zero-order valence-corrected chi connectivity index (χ0v) is 20.9. The molecular formula is C28H34FN3O5.